The van der Waals surface area contributed by atoms with E-state index in [2.05, 4.69) is 4.72 Å². The number of ether oxygens (including phenoxy) is 1. The third-order valence-corrected chi connectivity index (χ3v) is 6.61. The molecule has 1 N–H and O–H groups in total. The minimum absolute atomic E-state index is 0.115. The van der Waals surface area contributed by atoms with Gasteiger partial charge >= 0.3 is 5.97 Å². The van der Waals surface area contributed by atoms with Crippen LogP contribution in [0.5, 0.6) is 0 Å². The molecule has 1 aliphatic rings. The zero-order valence-electron chi connectivity index (χ0n) is 17.5. The first kappa shape index (κ1) is 24.0. The Kier molecular flexibility index (Phi) is 7.73. The molecule has 10 heteroatoms. The Hall–Kier alpha value is -2.65. The number of halogens is 2. The van der Waals surface area contributed by atoms with E-state index < -0.39 is 15.8 Å². The van der Waals surface area contributed by atoms with Crippen molar-refractivity contribution in [3.8, 4) is 0 Å². The molecular weight excluding hydrogens is 459 g/mol. The highest BCUT2D eigenvalue weighted by atomic mass is 35.5. The molecule has 7 nitrogen and oxygen atoms in total. The van der Waals surface area contributed by atoms with Crippen molar-refractivity contribution < 1.29 is 27.1 Å². The normalized spacial score (nSPS) is 13.5. The maximum Gasteiger partial charge on any atom is 0.307 e. The predicted octanol–water partition coefficient (Wildman–Crippen LogP) is 4.09. The summed E-state index contributed by atoms with van der Waals surface area (Å²) >= 11 is 5.67. The van der Waals surface area contributed by atoms with E-state index in [0.717, 1.165) is 31.0 Å². The van der Waals surface area contributed by atoms with E-state index in [-0.39, 0.29) is 47.1 Å². The van der Waals surface area contributed by atoms with Crippen LogP contribution in [0.15, 0.2) is 47.4 Å². The van der Waals surface area contributed by atoms with Crippen molar-refractivity contribution in [2.75, 3.05) is 24.4 Å². The van der Waals surface area contributed by atoms with Crippen LogP contribution in [-0.4, -0.2) is 44.9 Å². The lowest BCUT2D eigenvalue weighted by molar-refractivity contribution is -0.143. The van der Waals surface area contributed by atoms with Gasteiger partial charge in [-0.2, -0.15) is 0 Å². The first-order valence-electron chi connectivity index (χ1n) is 10.2. The number of hydrogen-bond acceptors (Lipinski definition) is 5. The van der Waals surface area contributed by atoms with Gasteiger partial charge in [-0.1, -0.05) is 11.6 Å². The summed E-state index contributed by atoms with van der Waals surface area (Å²) in [4.78, 5) is 26.1. The second-order valence-electron chi connectivity index (χ2n) is 7.51. The molecule has 0 saturated heterocycles. The van der Waals surface area contributed by atoms with Crippen LogP contribution < -0.4 is 4.72 Å². The zero-order valence-corrected chi connectivity index (χ0v) is 19.1. The molecule has 3 rings (SSSR count). The van der Waals surface area contributed by atoms with E-state index in [0.29, 0.717) is 18.0 Å². The molecule has 0 spiro atoms. The summed E-state index contributed by atoms with van der Waals surface area (Å²) in [5.74, 6) is -0.866. The van der Waals surface area contributed by atoms with Crippen molar-refractivity contribution in [3.63, 3.8) is 0 Å². The number of amides is 1. The van der Waals surface area contributed by atoms with Crippen LogP contribution >= 0.6 is 11.6 Å². The number of carbonyl (C=O) groups is 2. The number of nitrogens with zero attached hydrogens (tertiary/aromatic N) is 1. The molecule has 0 bridgehead atoms. The molecular formula is C22H24ClFN2O5S. The van der Waals surface area contributed by atoms with Gasteiger partial charge < -0.3 is 9.64 Å². The van der Waals surface area contributed by atoms with Crippen LogP contribution in [0.25, 0.3) is 0 Å². The smallest absolute Gasteiger partial charge is 0.307 e. The van der Waals surface area contributed by atoms with Gasteiger partial charge in [-0.05, 0) is 68.1 Å². The number of nitrogens with one attached hydrogen (secondary N) is 1. The molecule has 0 unspecified atom stereocenters. The lowest BCUT2D eigenvalue weighted by Gasteiger charge is -2.22. The summed E-state index contributed by atoms with van der Waals surface area (Å²) in [6.45, 7) is 2.84. The maximum absolute atomic E-state index is 13.3. The molecule has 0 aliphatic heterocycles. The number of rotatable bonds is 10. The average Bonchev–Trinajstić information content (AvgIpc) is 3.57. The van der Waals surface area contributed by atoms with E-state index in [4.69, 9.17) is 16.3 Å². The molecule has 172 valence electrons. The summed E-state index contributed by atoms with van der Waals surface area (Å²) in [5, 5.41) is -0.299. The summed E-state index contributed by atoms with van der Waals surface area (Å²) in [6, 6.07) is 9.08. The number of carbonyl (C=O) groups excluding carboxylic acids is 2. The molecule has 0 heterocycles. The molecule has 1 aliphatic carbocycles. The number of esters is 1. The minimum Gasteiger partial charge on any atom is -0.466 e. The Morgan fingerprint density at radius 2 is 1.88 bits per heavy atom. The molecule has 1 amide bonds. The number of benzene rings is 2. The second-order valence-corrected chi connectivity index (χ2v) is 9.60. The summed E-state index contributed by atoms with van der Waals surface area (Å²) in [6.07, 6.45) is 2.22. The van der Waals surface area contributed by atoms with Gasteiger partial charge in [0.2, 0.25) is 0 Å². The Labute approximate surface area is 191 Å². The molecule has 2 aromatic carbocycles. The van der Waals surface area contributed by atoms with Gasteiger partial charge in [-0.3, -0.25) is 14.3 Å². The molecule has 0 radical (unpaired) electrons. The van der Waals surface area contributed by atoms with Gasteiger partial charge in [-0.25, -0.2) is 12.8 Å². The van der Waals surface area contributed by atoms with Gasteiger partial charge in [0.15, 0.2) is 0 Å². The van der Waals surface area contributed by atoms with Gasteiger partial charge in [0.25, 0.3) is 15.9 Å². The van der Waals surface area contributed by atoms with Crippen LogP contribution in [-0.2, 0) is 19.6 Å². The lowest BCUT2D eigenvalue weighted by Crippen LogP contribution is -2.35. The van der Waals surface area contributed by atoms with Gasteiger partial charge in [0.1, 0.15) is 5.82 Å². The standard InChI is InChI=1S/C22H24ClFN2O5S/c1-2-31-21(27)11-12-26(14-15-3-4-15)22(28)16-5-7-17(8-6-16)25-32(29,30)18-9-10-20(24)19(23)13-18/h5-10,13,15,25H,2-4,11-12,14H2,1H3. The van der Waals surface area contributed by atoms with Crippen LogP contribution in [0.3, 0.4) is 0 Å². The highest BCUT2D eigenvalue weighted by Crippen LogP contribution is 2.30. The van der Waals surface area contributed by atoms with Crippen molar-refractivity contribution in [3.05, 3.63) is 58.9 Å². The predicted molar refractivity (Wildman–Crippen MR) is 119 cm³/mol. The van der Waals surface area contributed by atoms with Gasteiger partial charge in [-0.15, -0.1) is 0 Å². The fourth-order valence-electron chi connectivity index (χ4n) is 3.07. The molecule has 2 aromatic rings. The Balaban J connectivity index is 1.69. The van der Waals surface area contributed by atoms with Gasteiger partial charge in [0.05, 0.1) is 22.9 Å². The lowest BCUT2D eigenvalue weighted by atomic mass is 10.1. The van der Waals surface area contributed by atoms with Crippen LogP contribution in [0, 0.1) is 11.7 Å². The van der Waals surface area contributed by atoms with Crippen molar-refractivity contribution in [2.45, 2.75) is 31.1 Å². The fourth-order valence-corrected chi connectivity index (χ4v) is 4.40. The number of sulfonamides is 1. The third-order valence-electron chi connectivity index (χ3n) is 4.94. The largest absolute Gasteiger partial charge is 0.466 e. The van der Waals surface area contributed by atoms with E-state index >= 15 is 0 Å². The first-order chi connectivity index (χ1) is 15.2. The first-order valence-corrected chi connectivity index (χ1v) is 12.1. The summed E-state index contributed by atoms with van der Waals surface area (Å²) < 4.78 is 45.7. The molecule has 1 saturated carbocycles. The van der Waals surface area contributed by atoms with E-state index in [9.17, 15) is 22.4 Å². The van der Waals surface area contributed by atoms with E-state index in [1.165, 1.54) is 24.3 Å². The van der Waals surface area contributed by atoms with E-state index in [1.807, 2.05) is 0 Å². The Morgan fingerprint density at radius 3 is 2.47 bits per heavy atom. The van der Waals surface area contributed by atoms with Crippen molar-refractivity contribution in [2.24, 2.45) is 5.92 Å². The molecule has 0 atom stereocenters. The minimum atomic E-state index is -3.98. The third kappa shape index (κ3) is 6.43. The Bertz CT molecular complexity index is 1090. The molecule has 1 fully saturated rings. The SMILES string of the molecule is CCOC(=O)CCN(CC1CC1)C(=O)c1ccc(NS(=O)(=O)c2ccc(F)c(Cl)c2)cc1. The van der Waals surface area contributed by atoms with Crippen molar-refractivity contribution >= 4 is 39.2 Å². The van der Waals surface area contributed by atoms with E-state index in [1.54, 1.807) is 11.8 Å². The van der Waals surface area contributed by atoms with Crippen molar-refractivity contribution in [1.29, 1.82) is 0 Å². The second kappa shape index (κ2) is 10.3. The average molecular weight is 483 g/mol. The number of anilines is 1. The van der Waals surface area contributed by atoms with Crippen LogP contribution in [0.4, 0.5) is 10.1 Å². The highest BCUT2D eigenvalue weighted by molar-refractivity contribution is 7.92. The highest BCUT2D eigenvalue weighted by Gasteiger charge is 2.28. The van der Waals surface area contributed by atoms with Crippen LogP contribution in [0.2, 0.25) is 5.02 Å². The number of hydrogen-bond donors (Lipinski definition) is 1. The maximum atomic E-state index is 13.3. The molecule has 0 aromatic heterocycles. The summed E-state index contributed by atoms with van der Waals surface area (Å²) in [5.41, 5.74) is 0.615. The Morgan fingerprint density at radius 1 is 1.19 bits per heavy atom. The monoisotopic (exact) mass is 482 g/mol. The molecule has 32 heavy (non-hydrogen) atoms. The van der Waals surface area contributed by atoms with Gasteiger partial charge in [0, 0.05) is 24.3 Å². The topological polar surface area (TPSA) is 92.8 Å². The fraction of sp³-hybridized carbons (Fsp3) is 0.364. The van der Waals surface area contributed by atoms with Crippen molar-refractivity contribution in [1.82, 2.24) is 4.90 Å². The summed E-state index contributed by atoms with van der Waals surface area (Å²) in [7, 11) is -3.98. The quantitative estimate of drug-likeness (QED) is 0.515. The zero-order chi connectivity index (χ0) is 23.3. The van der Waals surface area contributed by atoms with Crippen LogP contribution in [0.1, 0.15) is 36.5 Å².